The molecule has 1 aromatic heterocycles. The van der Waals surface area contributed by atoms with Crippen LogP contribution in [0, 0.1) is 19.8 Å². The number of benzene rings is 1. The summed E-state index contributed by atoms with van der Waals surface area (Å²) >= 11 is 0. The molecule has 0 saturated carbocycles. The Labute approximate surface area is 161 Å². The number of hydrogen-bond donors (Lipinski definition) is 0. The number of carbonyl (C=O) groups is 1. The van der Waals surface area contributed by atoms with Crippen molar-refractivity contribution < 1.29 is 9.32 Å². The molecule has 1 aromatic carbocycles. The Morgan fingerprint density at radius 2 is 1.81 bits per heavy atom. The van der Waals surface area contributed by atoms with Gasteiger partial charge in [-0.2, -0.15) is 0 Å². The van der Waals surface area contributed by atoms with E-state index < -0.39 is 0 Å². The van der Waals surface area contributed by atoms with Gasteiger partial charge in [0.1, 0.15) is 5.76 Å². The van der Waals surface area contributed by atoms with E-state index in [-0.39, 0.29) is 12.0 Å². The molecule has 4 heterocycles. The number of amides is 1. The first kappa shape index (κ1) is 18.2. The lowest BCUT2D eigenvalue weighted by Crippen LogP contribution is -2.47. The second-order valence-corrected chi connectivity index (χ2v) is 8.06. The van der Waals surface area contributed by atoms with Crippen LogP contribution >= 0.6 is 0 Å². The van der Waals surface area contributed by atoms with Crippen molar-refractivity contribution in [3.63, 3.8) is 0 Å². The minimum atomic E-state index is 0.110. The van der Waals surface area contributed by atoms with E-state index in [0.29, 0.717) is 12.5 Å². The van der Waals surface area contributed by atoms with E-state index in [1.54, 1.807) is 0 Å². The van der Waals surface area contributed by atoms with Gasteiger partial charge in [-0.05, 0) is 44.2 Å². The Balaban J connectivity index is 1.49. The smallest absolute Gasteiger partial charge is 0.227 e. The van der Waals surface area contributed by atoms with Crippen molar-refractivity contribution in [2.75, 3.05) is 13.1 Å². The highest BCUT2D eigenvalue weighted by Crippen LogP contribution is 2.32. The number of aromatic nitrogens is 1. The number of hydrogen-bond acceptors (Lipinski definition) is 4. The molecule has 0 N–H and O–H groups in total. The lowest BCUT2D eigenvalue weighted by Gasteiger charge is -2.36. The van der Waals surface area contributed by atoms with E-state index in [1.165, 1.54) is 11.1 Å². The first-order valence-electron chi connectivity index (χ1n) is 10.1. The average molecular weight is 367 g/mol. The van der Waals surface area contributed by atoms with Crippen LogP contribution in [0.25, 0.3) is 0 Å². The summed E-state index contributed by atoms with van der Waals surface area (Å²) in [5, 5.41) is 4.05. The van der Waals surface area contributed by atoms with Gasteiger partial charge in [0, 0.05) is 31.2 Å². The van der Waals surface area contributed by atoms with Crippen molar-refractivity contribution in [1.29, 1.82) is 0 Å². The Morgan fingerprint density at radius 1 is 1.07 bits per heavy atom. The molecule has 0 aliphatic carbocycles. The van der Waals surface area contributed by atoms with Gasteiger partial charge in [-0.15, -0.1) is 0 Å². The minimum Gasteiger partial charge on any atom is -0.361 e. The predicted molar refractivity (Wildman–Crippen MR) is 104 cm³/mol. The lowest BCUT2D eigenvalue weighted by atomic mass is 9.93. The summed E-state index contributed by atoms with van der Waals surface area (Å²) in [4.78, 5) is 17.6. The summed E-state index contributed by atoms with van der Waals surface area (Å²) in [6.45, 7) is 9.43. The van der Waals surface area contributed by atoms with E-state index in [9.17, 15) is 4.79 Å². The van der Waals surface area contributed by atoms with Gasteiger partial charge in [0.05, 0.1) is 18.2 Å². The third-order valence-corrected chi connectivity index (χ3v) is 6.22. The van der Waals surface area contributed by atoms with E-state index >= 15 is 0 Å². The van der Waals surface area contributed by atoms with E-state index in [1.807, 2.05) is 13.8 Å². The highest BCUT2D eigenvalue weighted by Gasteiger charge is 2.41. The molecule has 2 aromatic rings. The van der Waals surface area contributed by atoms with Gasteiger partial charge < -0.3 is 9.42 Å². The summed E-state index contributed by atoms with van der Waals surface area (Å²) in [5.74, 6) is 1.24. The zero-order chi connectivity index (χ0) is 19.0. The molecule has 3 saturated heterocycles. The van der Waals surface area contributed by atoms with Crippen LogP contribution in [0.5, 0.6) is 0 Å². The number of rotatable bonds is 5. The average Bonchev–Trinajstić information content (AvgIpc) is 2.83. The van der Waals surface area contributed by atoms with Gasteiger partial charge >= 0.3 is 0 Å². The summed E-state index contributed by atoms with van der Waals surface area (Å²) in [7, 11) is 0. The van der Waals surface area contributed by atoms with Crippen LogP contribution in [0.15, 0.2) is 28.8 Å². The molecule has 3 fully saturated rings. The highest BCUT2D eigenvalue weighted by atomic mass is 16.5. The SMILES string of the molecule is CCc1ccc(CN2C[C@H]3CC[C@@H](C2)N(Cc2c(C)noc2C)C3=O)cc1. The first-order chi connectivity index (χ1) is 13.0. The Morgan fingerprint density at radius 3 is 2.48 bits per heavy atom. The molecule has 5 nitrogen and oxygen atoms in total. The molecule has 5 heteroatoms. The van der Waals surface area contributed by atoms with E-state index in [4.69, 9.17) is 4.52 Å². The molecule has 3 aliphatic rings. The maximum absolute atomic E-state index is 13.1. The molecule has 0 spiro atoms. The summed E-state index contributed by atoms with van der Waals surface area (Å²) in [6.07, 6.45) is 3.16. The Hall–Kier alpha value is -2.14. The number of nitrogens with zero attached hydrogens (tertiary/aromatic N) is 3. The maximum Gasteiger partial charge on any atom is 0.227 e. The minimum absolute atomic E-state index is 0.110. The second kappa shape index (κ2) is 7.47. The number of fused-ring (bicyclic) bond motifs is 4. The topological polar surface area (TPSA) is 49.6 Å². The first-order valence-corrected chi connectivity index (χ1v) is 10.1. The predicted octanol–water partition coefficient (Wildman–Crippen LogP) is 3.48. The van der Waals surface area contributed by atoms with Crippen LogP contribution < -0.4 is 0 Å². The van der Waals surface area contributed by atoms with Gasteiger partial charge in [-0.25, -0.2) is 0 Å². The zero-order valence-corrected chi connectivity index (χ0v) is 16.6. The van der Waals surface area contributed by atoms with Gasteiger partial charge in [-0.1, -0.05) is 36.3 Å². The van der Waals surface area contributed by atoms with Crippen LogP contribution in [-0.4, -0.2) is 40.0 Å². The number of carbonyl (C=O) groups excluding carboxylic acids is 1. The van der Waals surface area contributed by atoms with Crippen molar-refractivity contribution in [3.8, 4) is 0 Å². The molecule has 27 heavy (non-hydrogen) atoms. The highest BCUT2D eigenvalue weighted by molar-refractivity contribution is 5.80. The summed E-state index contributed by atoms with van der Waals surface area (Å²) < 4.78 is 5.30. The molecule has 2 bridgehead atoms. The fraction of sp³-hybridized carbons (Fsp3) is 0.545. The van der Waals surface area contributed by atoms with E-state index in [0.717, 1.165) is 55.9 Å². The summed E-state index contributed by atoms with van der Waals surface area (Å²) in [5.41, 5.74) is 4.67. The standard InChI is InChI=1S/C22H29N3O2/c1-4-17-5-7-18(8-6-17)11-24-12-19-9-10-20(13-24)25(22(19)26)14-21-15(2)23-27-16(21)3/h5-8,19-20H,4,9-14H2,1-3H3/t19-,20+/m1/s1. The van der Waals surface area contributed by atoms with Crippen molar-refractivity contribution in [2.24, 2.45) is 5.92 Å². The molecule has 5 rings (SSSR count). The normalized spacial score (nSPS) is 23.1. The fourth-order valence-corrected chi connectivity index (χ4v) is 4.50. The molecule has 0 unspecified atom stereocenters. The van der Waals surface area contributed by atoms with Gasteiger partial charge in [-0.3, -0.25) is 9.69 Å². The third-order valence-electron chi connectivity index (χ3n) is 6.22. The van der Waals surface area contributed by atoms with Gasteiger partial charge in [0.15, 0.2) is 0 Å². The van der Waals surface area contributed by atoms with Crippen molar-refractivity contribution in [2.45, 2.75) is 59.2 Å². The largest absolute Gasteiger partial charge is 0.361 e. The Bertz CT molecular complexity index is 792. The van der Waals surface area contributed by atoms with Crippen LogP contribution in [0.2, 0.25) is 0 Å². The maximum atomic E-state index is 13.1. The molecule has 3 aliphatic heterocycles. The lowest BCUT2D eigenvalue weighted by molar-refractivity contribution is -0.140. The number of piperidine rings is 1. The van der Waals surface area contributed by atoms with E-state index in [2.05, 4.69) is 46.1 Å². The molecule has 144 valence electrons. The van der Waals surface area contributed by atoms with Crippen molar-refractivity contribution >= 4 is 5.91 Å². The molecule has 0 radical (unpaired) electrons. The molecule has 1 amide bonds. The monoisotopic (exact) mass is 367 g/mol. The van der Waals surface area contributed by atoms with Crippen LogP contribution in [0.4, 0.5) is 0 Å². The Kier molecular flexibility index (Phi) is 5.04. The number of aryl methyl sites for hydroxylation is 3. The van der Waals surface area contributed by atoms with Gasteiger partial charge in [0.2, 0.25) is 5.91 Å². The van der Waals surface area contributed by atoms with Gasteiger partial charge in [0.25, 0.3) is 0 Å². The summed E-state index contributed by atoms with van der Waals surface area (Å²) in [6, 6.07) is 9.18. The second-order valence-electron chi connectivity index (χ2n) is 8.06. The van der Waals surface area contributed by atoms with Crippen LogP contribution in [-0.2, 0) is 24.3 Å². The molecule has 2 atom stereocenters. The zero-order valence-electron chi connectivity index (χ0n) is 16.6. The van der Waals surface area contributed by atoms with Crippen molar-refractivity contribution in [3.05, 3.63) is 52.4 Å². The van der Waals surface area contributed by atoms with Crippen LogP contribution in [0.3, 0.4) is 0 Å². The van der Waals surface area contributed by atoms with Crippen LogP contribution in [0.1, 0.15) is 47.9 Å². The quantitative estimate of drug-likeness (QED) is 0.812. The fourth-order valence-electron chi connectivity index (χ4n) is 4.50. The third kappa shape index (κ3) is 3.65. The molecular formula is C22H29N3O2. The molecular weight excluding hydrogens is 338 g/mol. The van der Waals surface area contributed by atoms with Crippen molar-refractivity contribution in [1.82, 2.24) is 15.0 Å².